The molecule has 0 spiro atoms. The molecule has 3 rings (SSSR count). The Labute approximate surface area is 145 Å². The molecule has 0 radical (unpaired) electrons. The zero-order valence-electron chi connectivity index (χ0n) is 13.7. The zero-order valence-corrected chi connectivity index (χ0v) is 13.7. The molecule has 1 aromatic heterocycles. The number of Topliss-reactive ketones (excluding diaryl/α,β-unsaturated/α-hetero) is 1. The van der Waals surface area contributed by atoms with Crippen LogP contribution in [0.25, 0.3) is 11.4 Å². The Morgan fingerprint density at radius 3 is 2.60 bits per heavy atom. The van der Waals surface area contributed by atoms with Crippen molar-refractivity contribution in [2.45, 2.75) is 6.92 Å². The van der Waals surface area contributed by atoms with Crippen molar-refractivity contribution >= 4 is 29.2 Å². The summed E-state index contributed by atoms with van der Waals surface area (Å²) in [6, 6.07) is 14.3. The minimum atomic E-state index is 0.0215. The summed E-state index contributed by atoms with van der Waals surface area (Å²) in [5.41, 5.74) is 9.25. The standard InChI is InChI=1S/C19H17N5O/c1-12(25)13-2-4-14(5-3-13)19-22-9-8-18(24-19)23-16-6-7-17(21)15(10-16)11-20/h2-11,20H,21H2,1H3,(H,22,23,24). The molecule has 3 aromatic rings. The molecule has 0 amide bonds. The first-order chi connectivity index (χ1) is 12.1. The molecule has 2 aromatic carbocycles. The number of rotatable bonds is 5. The highest BCUT2D eigenvalue weighted by Crippen LogP contribution is 2.22. The first kappa shape index (κ1) is 16.3. The predicted octanol–water partition coefficient (Wildman–Crippen LogP) is 3.67. The van der Waals surface area contributed by atoms with E-state index in [0.29, 0.717) is 28.5 Å². The second-order valence-electron chi connectivity index (χ2n) is 5.51. The number of hydrogen-bond acceptors (Lipinski definition) is 6. The van der Waals surface area contributed by atoms with Crippen molar-refractivity contribution in [2.24, 2.45) is 0 Å². The molecular weight excluding hydrogens is 314 g/mol. The highest BCUT2D eigenvalue weighted by molar-refractivity contribution is 5.94. The SMILES string of the molecule is CC(=O)c1ccc(-c2nccc(Nc3ccc(N)c(C=N)c3)n2)cc1. The van der Waals surface area contributed by atoms with Gasteiger partial charge in [0.2, 0.25) is 0 Å². The molecule has 25 heavy (non-hydrogen) atoms. The molecule has 6 heteroatoms. The number of hydrogen-bond donors (Lipinski definition) is 3. The quantitative estimate of drug-likeness (QED) is 0.376. The first-order valence-corrected chi connectivity index (χ1v) is 7.68. The van der Waals surface area contributed by atoms with Crippen LogP contribution in [0.1, 0.15) is 22.8 Å². The summed E-state index contributed by atoms with van der Waals surface area (Å²) in [5, 5.41) is 10.6. The second-order valence-corrected chi connectivity index (χ2v) is 5.51. The van der Waals surface area contributed by atoms with E-state index in [9.17, 15) is 4.79 Å². The fourth-order valence-electron chi connectivity index (χ4n) is 2.35. The van der Waals surface area contributed by atoms with Gasteiger partial charge in [-0.05, 0) is 31.2 Å². The third kappa shape index (κ3) is 3.69. The van der Waals surface area contributed by atoms with Crippen LogP contribution in [0.5, 0.6) is 0 Å². The molecule has 4 N–H and O–H groups in total. The minimum absolute atomic E-state index is 0.0215. The van der Waals surface area contributed by atoms with Crippen LogP contribution in [0.3, 0.4) is 0 Å². The van der Waals surface area contributed by atoms with Gasteiger partial charge in [0, 0.05) is 40.5 Å². The van der Waals surface area contributed by atoms with Gasteiger partial charge in [-0.15, -0.1) is 0 Å². The summed E-state index contributed by atoms with van der Waals surface area (Å²) in [4.78, 5) is 20.1. The lowest BCUT2D eigenvalue weighted by Gasteiger charge is -2.09. The van der Waals surface area contributed by atoms with Crippen LogP contribution in [0.2, 0.25) is 0 Å². The van der Waals surface area contributed by atoms with Gasteiger partial charge in [0.1, 0.15) is 5.82 Å². The van der Waals surface area contributed by atoms with E-state index in [-0.39, 0.29) is 5.78 Å². The Hall–Kier alpha value is -3.54. The first-order valence-electron chi connectivity index (χ1n) is 7.68. The summed E-state index contributed by atoms with van der Waals surface area (Å²) in [6.07, 6.45) is 2.88. The van der Waals surface area contributed by atoms with Gasteiger partial charge in [-0.25, -0.2) is 9.97 Å². The summed E-state index contributed by atoms with van der Waals surface area (Å²) >= 11 is 0. The van der Waals surface area contributed by atoms with Gasteiger partial charge < -0.3 is 16.5 Å². The molecule has 6 nitrogen and oxygen atoms in total. The molecule has 0 saturated carbocycles. The number of nitrogens with zero attached hydrogens (tertiary/aromatic N) is 2. The molecule has 0 bridgehead atoms. The maximum absolute atomic E-state index is 11.4. The minimum Gasteiger partial charge on any atom is -0.398 e. The number of nitrogens with one attached hydrogen (secondary N) is 2. The number of anilines is 3. The van der Waals surface area contributed by atoms with Crippen LogP contribution >= 0.6 is 0 Å². The number of nitrogens with two attached hydrogens (primary N) is 1. The summed E-state index contributed by atoms with van der Waals surface area (Å²) in [6.45, 7) is 1.53. The van der Waals surface area contributed by atoms with Crippen molar-refractivity contribution in [3.05, 3.63) is 65.9 Å². The summed E-state index contributed by atoms with van der Waals surface area (Å²) in [5.74, 6) is 1.21. The van der Waals surface area contributed by atoms with Crippen molar-refractivity contribution in [1.29, 1.82) is 5.41 Å². The highest BCUT2D eigenvalue weighted by Gasteiger charge is 2.06. The van der Waals surface area contributed by atoms with Gasteiger partial charge in [-0.3, -0.25) is 4.79 Å². The number of benzene rings is 2. The highest BCUT2D eigenvalue weighted by atomic mass is 16.1. The number of ketones is 1. The normalized spacial score (nSPS) is 10.3. The smallest absolute Gasteiger partial charge is 0.161 e. The van der Waals surface area contributed by atoms with E-state index in [4.69, 9.17) is 11.1 Å². The Kier molecular flexibility index (Phi) is 4.52. The Balaban J connectivity index is 1.86. The van der Waals surface area contributed by atoms with Crippen molar-refractivity contribution in [3.8, 4) is 11.4 Å². The van der Waals surface area contributed by atoms with Crippen LogP contribution in [0, 0.1) is 5.41 Å². The van der Waals surface area contributed by atoms with E-state index < -0.39 is 0 Å². The van der Waals surface area contributed by atoms with Crippen LogP contribution in [-0.4, -0.2) is 22.0 Å². The van der Waals surface area contributed by atoms with Crippen molar-refractivity contribution in [1.82, 2.24) is 9.97 Å². The molecule has 0 atom stereocenters. The van der Waals surface area contributed by atoms with Crippen LogP contribution in [0.15, 0.2) is 54.7 Å². The number of carbonyl (C=O) groups excluding carboxylic acids is 1. The fourth-order valence-corrected chi connectivity index (χ4v) is 2.35. The van der Waals surface area contributed by atoms with Gasteiger partial charge in [0.05, 0.1) is 0 Å². The number of carbonyl (C=O) groups is 1. The van der Waals surface area contributed by atoms with Gasteiger partial charge >= 0.3 is 0 Å². The molecule has 0 aliphatic rings. The molecular formula is C19H17N5O. The molecule has 0 fully saturated rings. The maximum Gasteiger partial charge on any atom is 0.161 e. The number of aromatic nitrogens is 2. The average Bonchev–Trinajstić information content (AvgIpc) is 2.63. The summed E-state index contributed by atoms with van der Waals surface area (Å²) in [7, 11) is 0. The average molecular weight is 331 g/mol. The van der Waals surface area contributed by atoms with Gasteiger partial charge in [-0.1, -0.05) is 24.3 Å². The Morgan fingerprint density at radius 2 is 1.92 bits per heavy atom. The molecule has 0 saturated heterocycles. The largest absolute Gasteiger partial charge is 0.398 e. The van der Waals surface area contributed by atoms with E-state index >= 15 is 0 Å². The van der Waals surface area contributed by atoms with Gasteiger partial charge in [-0.2, -0.15) is 0 Å². The fraction of sp³-hybridized carbons (Fsp3) is 0.0526. The number of nitrogen functional groups attached to an aromatic ring is 1. The molecule has 124 valence electrons. The van der Waals surface area contributed by atoms with E-state index in [0.717, 1.165) is 11.3 Å². The molecule has 1 heterocycles. The van der Waals surface area contributed by atoms with E-state index in [1.54, 1.807) is 36.5 Å². The van der Waals surface area contributed by atoms with Crippen LogP contribution in [-0.2, 0) is 0 Å². The topological polar surface area (TPSA) is 105 Å². The van der Waals surface area contributed by atoms with Crippen LogP contribution < -0.4 is 11.1 Å². The monoisotopic (exact) mass is 331 g/mol. The predicted molar refractivity (Wildman–Crippen MR) is 99.5 cm³/mol. The lowest BCUT2D eigenvalue weighted by atomic mass is 10.1. The van der Waals surface area contributed by atoms with Crippen molar-refractivity contribution < 1.29 is 4.79 Å². The van der Waals surface area contributed by atoms with Gasteiger partial charge in [0.15, 0.2) is 11.6 Å². The Bertz CT molecular complexity index is 935. The summed E-state index contributed by atoms with van der Waals surface area (Å²) < 4.78 is 0. The lowest BCUT2D eigenvalue weighted by Crippen LogP contribution is -1.99. The zero-order chi connectivity index (χ0) is 17.8. The van der Waals surface area contributed by atoms with Crippen molar-refractivity contribution in [2.75, 3.05) is 11.1 Å². The maximum atomic E-state index is 11.4. The van der Waals surface area contributed by atoms with E-state index in [2.05, 4.69) is 15.3 Å². The third-order valence-corrected chi connectivity index (χ3v) is 3.72. The van der Waals surface area contributed by atoms with Crippen molar-refractivity contribution in [3.63, 3.8) is 0 Å². The van der Waals surface area contributed by atoms with Crippen LogP contribution in [0.4, 0.5) is 17.2 Å². The second kappa shape index (κ2) is 6.92. The van der Waals surface area contributed by atoms with E-state index in [1.807, 2.05) is 18.2 Å². The Morgan fingerprint density at radius 1 is 1.16 bits per heavy atom. The lowest BCUT2D eigenvalue weighted by molar-refractivity contribution is 0.101. The molecule has 0 aliphatic heterocycles. The third-order valence-electron chi connectivity index (χ3n) is 3.72. The molecule has 0 unspecified atom stereocenters. The molecule has 0 aliphatic carbocycles. The van der Waals surface area contributed by atoms with Gasteiger partial charge in [0.25, 0.3) is 0 Å². The van der Waals surface area contributed by atoms with E-state index in [1.165, 1.54) is 13.1 Å².